The van der Waals surface area contributed by atoms with Crippen molar-refractivity contribution in [1.82, 2.24) is 0 Å². The maximum absolute atomic E-state index is 11.1. The van der Waals surface area contributed by atoms with Gasteiger partial charge < -0.3 is 4.43 Å². The van der Waals surface area contributed by atoms with E-state index in [1.165, 1.54) is 21.7 Å². The summed E-state index contributed by atoms with van der Waals surface area (Å²) >= 11 is 1.47. The lowest BCUT2D eigenvalue weighted by molar-refractivity contribution is 0.112. The van der Waals surface area contributed by atoms with E-state index in [-0.39, 0.29) is 11.1 Å². The van der Waals surface area contributed by atoms with Gasteiger partial charge in [0.15, 0.2) is 6.29 Å². The smallest absolute Gasteiger partial charge is 0.261 e. The number of benzene rings is 2. The van der Waals surface area contributed by atoms with E-state index in [2.05, 4.69) is 88.4 Å². The Morgan fingerprint density at radius 2 is 1.48 bits per heavy atom. The Morgan fingerprint density at radius 3 is 1.89 bits per heavy atom. The second-order valence-electron chi connectivity index (χ2n) is 7.82. The molecule has 0 bridgehead atoms. The van der Waals surface area contributed by atoms with Gasteiger partial charge in [0, 0.05) is 0 Å². The van der Waals surface area contributed by atoms with Crippen molar-refractivity contribution in [2.45, 2.75) is 38.8 Å². The van der Waals surface area contributed by atoms with E-state index in [0.717, 1.165) is 16.7 Å². The molecular formula is C23H26O2SSi. The van der Waals surface area contributed by atoms with Crippen LogP contribution in [0.25, 0.3) is 0 Å². The van der Waals surface area contributed by atoms with Gasteiger partial charge in [-0.1, -0.05) is 81.4 Å². The van der Waals surface area contributed by atoms with E-state index in [0.29, 0.717) is 0 Å². The molecule has 4 heteroatoms. The van der Waals surface area contributed by atoms with Crippen LogP contribution in [0, 0.1) is 0 Å². The molecule has 0 spiro atoms. The molecule has 2 aromatic carbocycles. The number of thiophene rings is 1. The molecular weight excluding hydrogens is 368 g/mol. The summed E-state index contributed by atoms with van der Waals surface area (Å²) < 4.78 is 7.05. The first-order valence-electron chi connectivity index (χ1n) is 9.21. The van der Waals surface area contributed by atoms with Gasteiger partial charge in [-0.25, -0.2) is 0 Å². The third-order valence-corrected chi connectivity index (χ3v) is 11.0. The minimum absolute atomic E-state index is 0.0620. The fourth-order valence-corrected chi connectivity index (χ4v) is 9.14. The van der Waals surface area contributed by atoms with Crippen molar-refractivity contribution in [3.8, 4) is 0 Å². The van der Waals surface area contributed by atoms with Crippen molar-refractivity contribution in [3.05, 3.63) is 82.6 Å². The van der Waals surface area contributed by atoms with E-state index < -0.39 is 8.32 Å². The number of carbonyl (C=O) groups is 1. The Hall–Kier alpha value is -2.01. The van der Waals surface area contributed by atoms with Crippen LogP contribution in [0.3, 0.4) is 0 Å². The van der Waals surface area contributed by atoms with Crippen LogP contribution in [0.5, 0.6) is 0 Å². The van der Waals surface area contributed by atoms with Crippen LogP contribution in [0.15, 0.2) is 72.1 Å². The Labute approximate surface area is 167 Å². The lowest BCUT2D eigenvalue weighted by Crippen LogP contribution is -2.66. The van der Waals surface area contributed by atoms with Gasteiger partial charge in [0.25, 0.3) is 8.32 Å². The maximum atomic E-state index is 11.1. The highest BCUT2D eigenvalue weighted by Gasteiger charge is 2.51. The summed E-state index contributed by atoms with van der Waals surface area (Å²) in [6.45, 7) is 8.92. The number of hydrogen-bond acceptors (Lipinski definition) is 3. The topological polar surface area (TPSA) is 26.3 Å². The number of hydrogen-bond donors (Lipinski definition) is 0. The lowest BCUT2D eigenvalue weighted by atomic mass is 10.2. The quantitative estimate of drug-likeness (QED) is 0.424. The van der Waals surface area contributed by atoms with E-state index in [9.17, 15) is 4.79 Å². The van der Waals surface area contributed by atoms with Crippen LogP contribution < -0.4 is 10.4 Å². The predicted molar refractivity (Wildman–Crippen MR) is 117 cm³/mol. The molecule has 0 unspecified atom stereocenters. The highest BCUT2D eigenvalue weighted by Crippen LogP contribution is 2.40. The molecule has 0 aliphatic carbocycles. The predicted octanol–water partition coefficient (Wildman–Crippen LogP) is 5.20. The molecule has 0 amide bonds. The highest BCUT2D eigenvalue weighted by molar-refractivity contribution is 7.11. The number of aldehydes is 1. The molecule has 3 rings (SSSR count). The molecule has 2 nitrogen and oxygen atoms in total. The van der Waals surface area contributed by atoms with E-state index in [1.54, 1.807) is 0 Å². The van der Waals surface area contributed by atoms with E-state index in [4.69, 9.17) is 4.43 Å². The first-order valence-corrected chi connectivity index (χ1v) is 12.0. The fraction of sp³-hybridized carbons (Fsp3) is 0.261. The maximum Gasteiger partial charge on any atom is 0.261 e. The third-order valence-electron chi connectivity index (χ3n) is 5.00. The zero-order valence-electron chi connectivity index (χ0n) is 16.3. The molecule has 3 aromatic rings. The van der Waals surface area contributed by atoms with Crippen LogP contribution in [0.4, 0.5) is 0 Å². The fourth-order valence-electron chi connectivity index (χ4n) is 3.67. The summed E-state index contributed by atoms with van der Waals surface area (Å²) in [5.41, 5.74) is 1.06. The molecule has 1 aromatic heterocycles. The van der Waals surface area contributed by atoms with Gasteiger partial charge in [-0.05, 0) is 39.3 Å². The van der Waals surface area contributed by atoms with Crippen LogP contribution >= 0.6 is 11.3 Å². The Balaban J connectivity index is 2.15. The first kappa shape index (κ1) is 19.7. The molecule has 1 heterocycles. The normalized spacial score (nSPS) is 13.3. The van der Waals surface area contributed by atoms with Crippen molar-refractivity contribution >= 4 is 36.3 Å². The van der Waals surface area contributed by atoms with E-state index >= 15 is 0 Å². The third kappa shape index (κ3) is 3.84. The summed E-state index contributed by atoms with van der Waals surface area (Å²) in [5.74, 6) is 0. The van der Waals surface area contributed by atoms with Crippen molar-refractivity contribution in [3.63, 3.8) is 0 Å². The molecule has 0 radical (unpaired) electrons. The van der Waals surface area contributed by atoms with Crippen LogP contribution in [0.2, 0.25) is 5.04 Å². The summed E-state index contributed by atoms with van der Waals surface area (Å²) in [5, 5.41) is 4.50. The zero-order chi connectivity index (χ0) is 19.5. The van der Waals surface area contributed by atoms with Gasteiger partial charge in [-0.2, -0.15) is 0 Å². The van der Waals surface area contributed by atoms with Crippen molar-refractivity contribution in [1.29, 1.82) is 0 Å². The van der Waals surface area contributed by atoms with Crippen LogP contribution in [-0.4, -0.2) is 14.6 Å². The van der Waals surface area contributed by atoms with Crippen molar-refractivity contribution in [2.24, 2.45) is 0 Å². The Bertz CT molecular complexity index is 842. The molecule has 0 aliphatic rings. The molecule has 0 aliphatic heterocycles. The molecule has 0 fully saturated rings. The van der Waals surface area contributed by atoms with Gasteiger partial charge in [-0.3, -0.25) is 4.79 Å². The van der Waals surface area contributed by atoms with E-state index in [1.807, 2.05) is 11.4 Å². The summed E-state index contributed by atoms with van der Waals surface area (Å²) in [6.07, 6.45) is 0.810. The Kier molecular flexibility index (Phi) is 5.80. The summed E-state index contributed by atoms with van der Waals surface area (Å²) in [4.78, 5) is 11.8. The summed E-state index contributed by atoms with van der Waals surface area (Å²) in [7, 11) is -2.58. The van der Waals surface area contributed by atoms with Gasteiger partial charge in [0.05, 0.1) is 11.0 Å². The van der Waals surface area contributed by atoms with Crippen LogP contribution in [0.1, 0.15) is 49.0 Å². The largest absolute Gasteiger partial charge is 0.401 e. The minimum Gasteiger partial charge on any atom is -0.401 e. The molecule has 0 saturated heterocycles. The molecule has 1 atom stereocenters. The van der Waals surface area contributed by atoms with Gasteiger partial charge >= 0.3 is 0 Å². The SMILES string of the molecule is C[C@@H](O[Si](c1ccccc1)(c1ccccc1)C(C)(C)C)c1csc(C=O)c1. The summed E-state index contributed by atoms with van der Waals surface area (Å²) in [6, 6.07) is 23.2. The first-order chi connectivity index (χ1) is 12.9. The van der Waals surface area contributed by atoms with Crippen LogP contribution in [-0.2, 0) is 4.43 Å². The molecule has 0 saturated carbocycles. The lowest BCUT2D eigenvalue weighted by Gasteiger charge is -2.44. The number of rotatable bonds is 6. The standard InChI is InChI=1S/C23H26O2SSi/c1-18(19-15-20(16-24)26-17-19)25-27(23(2,3)4,21-11-7-5-8-12-21)22-13-9-6-10-14-22/h5-18H,1-4H3/t18-/m1/s1. The van der Waals surface area contributed by atoms with Gasteiger partial charge in [0.1, 0.15) is 0 Å². The average molecular weight is 395 g/mol. The molecule has 27 heavy (non-hydrogen) atoms. The second kappa shape index (κ2) is 7.93. The second-order valence-corrected chi connectivity index (χ2v) is 13.0. The average Bonchev–Trinajstić information content (AvgIpc) is 3.16. The monoisotopic (exact) mass is 394 g/mol. The zero-order valence-corrected chi connectivity index (χ0v) is 18.1. The minimum atomic E-state index is -2.58. The molecule has 0 N–H and O–H groups in total. The van der Waals surface area contributed by atoms with Crippen molar-refractivity contribution in [2.75, 3.05) is 0 Å². The van der Waals surface area contributed by atoms with Gasteiger partial charge in [0.2, 0.25) is 0 Å². The highest BCUT2D eigenvalue weighted by atomic mass is 32.1. The van der Waals surface area contributed by atoms with Crippen molar-refractivity contribution < 1.29 is 9.22 Å². The molecule has 140 valence electrons. The Morgan fingerprint density at radius 1 is 0.963 bits per heavy atom. The van der Waals surface area contributed by atoms with Gasteiger partial charge in [-0.15, -0.1) is 11.3 Å². The number of carbonyl (C=O) groups excluding carboxylic acids is 1.